The molecule has 362 valence electrons. The third-order valence-electron chi connectivity index (χ3n) is 16.0. The number of hydrogen-bond acceptors (Lipinski definition) is 4. The molecule has 6 heteroatoms. The van der Waals surface area contributed by atoms with E-state index >= 15 is 0 Å². The molecule has 0 saturated carbocycles. The maximum absolute atomic E-state index is 2.51. The van der Waals surface area contributed by atoms with Gasteiger partial charge in [-0.3, -0.25) is 0 Å². The first-order chi connectivity index (χ1) is 36.4. The minimum atomic E-state index is 0.176. The molecule has 4 aliphatic heterocycles. The Morgan fingerprint density at radius 2 is 0.680 bits per heavy atom. The second-order valence-corrected chi connectivity index (χ2v) is 21.7. The number of aryl methyl sites for hydroxylation is 9. The highest BCUT2D eigenvalue weighted by atomic mass is 15.2. The van der Waals surface area contributed by atoms with Gasteiger partial charge in [-0.15, -0.1) is 0 Å². The van der Waals surface area contributed by atoms with Crippen molar-refractivity contribution in [3.05, 3.63) is 250 Å². The third kappa shape index (κ3) is 7.60. The van der Waals surface area contributed by atoms with Gasteiger partial charge in [0.25, 0.3) is 13.4 Å². The number of fused-ring (bicyclic) bond motifs is 8. The first-order valence-corrected chi connectivity index (χ1v) is 26.6. The van der Waals surface area contributed by atoms with E-state index < -0.39 is 0 Å². The summed E-state index contributed by atoms with van der Waals surface area (Å²) in [6.07, 6.45) is 0. The van der Waals surface area contributed by atoms with Crippen molar-refractivity contribution >= 4 is 114 Å². The molecule has 0 aromatic heterocycles. The smallest absolute Gasteiger partial charge is 0.252 e. The summed E-state index contributed by atoms with van der Waals surface area (Å²) in [5.41, 5.74) is 34.7. The Labute approximate surface area is 444 Å². The van der Waals surface area contributed by atoms with Gasteiger partial charge in [0.05, 0.1) is 0 Å². The largest absolute Gasteiger partial charge is 0.311 e. The van der Waals surface area contributed by atoms with Gasteiger partial charge in [-0.05, 0) is 225 Å². The fourth-order valence-corrected chi connectivity index (χ4v) is 12.8. The molecule has 0 unspecified atom stereocenters. The average molecular weight is 967 g/mol. The lowest BCUT2D eigenvalue weighted by atomic mass is 9.33. The average Bonchev–Trinajstić information content (AvgIpc) is 3.41. The minimum Gasteiger partial charge on any atom is -0.311 e. The van der Waals surface area contributed by atoms with E-state index in [1.165, 1.54) is 151 Å². The van der Waals surface area contributed by atoms with Gasteiger partial charge in [0, 0.05) is 68.2 Å². The van der Waals surface area contributed by atoms with E-state index in [1.54, 1.807) is 0 Å². The number of benzene rings is 10. The topological polar surface area (TPSA) is 13.0 Å². The highest BCUT2D eigenvalue weighted by Crippen LogP contribution is 2.47. The summed E-state index contributed by atoms with van der Waals surface area (Å²) in [7, 11) is 0. The van der Waals surface area contributed by atoms with E-state index in [2.05, 4.69) is 282 Å². The van der Waals surface area contributed by atoms with Crippen LogP contribution in [0.2, 0.25) is 0 Å². The highest BCUT2D eigenvalue weighted by molar-refractivity contribution is 7.01. The molecule has 0 fully saturated rings. The molecule has 0 saturated heterocycles. The Bertz CT molecular complexity index is 3810. The molecule has 14 rings (SSSR count). The van der Waals surface area contributed by atoms with E-state index in [0.29, 0.717) is 0 Å². The van der Waals surface area contributed by atoms with Gasteiger partial charge in [-0.1, -0.05) is 120 Å². The number of rotatable bonds is 4. The Morgan fingerprint density at radius 3 is 1.29 bits per heavy atom. The lowest BCUT2D eigenvalue weighted by Gasteiger charge is -2.45. The Balaban J connectivity index is 0.000000144. The van der Waals surface area contributed by atoms with E-state index in [0.717, 1.165) is 0 Å². The van der Waals surface area contributed by atoms with Crippen molar-refractivity contribution in [3.8, 4) is 0 Å². The SMILES string of the molecule is Cc1ccc(N2c3ccc(C)cc3B3c4ccccc4N(c4cc(C)cc(C)c4)c4c(C)ccc2c43)cc1.Cc1cccc(N2c3cc(C)ccc3B3c4ccc(C)cc4N(c4cccc(C)c4)c4cccc2c43)c1. The summed E-state index contributed by atoms with van der Waals surface area (Å²) in [5, 5.41) is 0. The molecule has 4 heterocycles. The molecule has 0 spiro atoms. The first-order valence-electron chi connectivity index (χ1n) is 26.6. The molecule has 10 aromatic rings. The van der Waals surface area contributed by atoms with Crippen molar-refractivity contribution in [2.24, 2.45) is 0 Å². The van der Waals surface area contributed by atoms with Crippen LogP contribution in [0.25, 0.3) is 0 Å². The lowest BCUT2D eigenvalue weighted by molar-refractivity contribution is 1.21. The maximum Gasteiger partial charge on any atom is 0.252 e. The second-order valence-electron chi connectivity index (χ2n) is 21.7. The van der Waals surface area contributed by atoms with E-state index in [9.17, 15) is 0 Å². The predicted molar refractivity (Wildman–Crippen MR) is 324 cm³/mol. The van der Waals surface area contributed by atoms with Crippen LogP contribution < -0.4 is 52.4 Å². The van der Waals surface area contributed by atoms with Crippen LogP contribution in [0.1, 0.15) is 50.1 Å². The van der Waals surface area contributed by atoms with Crippen LogP contribution in [0.5, 0.6) is 0 Å². The summed E-state index contributed by atoms with van der Waals surface area (Å²) in [6.45, 7) is 20.1. The number of para-hydroxylation sites is 1. The summed E-state index contributed by atoms with van der Waals surface area (Å²) in [6, 6.07) is 74.9. The molecule has 4 aliphatic rings. The second kappa shape index (κ2) is 17.9. The molecular weight excluding hydrogens is 906 g/mol. The molecular formula is C69H60B2N4. The molecule has 0 N–H and O–H groups in total. The molecule has 4 nitrogen and oxygen atoms in total. The summed E-state index contributed by atoms with van der Waals surface area (Å²) < 4.78 is 0. The standard InChI is InChI=1S/C35H31BN2.C34H29BN2/c1-22-10-14-27(15-11-22)37-32-16-12-23(2)21-30(32)36-29-8-6-7-9-31(29)38(28-19-24(3)18-25(4)20-28)35-26(5)13-17-33(37)34(35)36;1-22-8-5-10-26(18-22)36-30-12-7-13-31-34(30)35(28-16-14-24(3)20-32(28)36)29-17-15-25(4)21-33(29)37(31)27-11-6-9-23(2)19-27/h6-21H,1-5H3;5-21H,1-4H3. The monoisotopic (exact) mass is 967 g/mol. The zero-order valence-corrected chi connectivity index (χ0v) is 44.5. The van der Waals surface area contributed by atoms with E-state index in [-0.39, 0.29) is 13.4 Å². The van der Waals surface area contributed by atoms with Gasteiger partial charge in [-0.2, -0.15) is 0 Å². The van der Waals surface area contributed by atoms with Gasteiger partial charge in [0.15, 0.2) is 0 Å². The quantitative estimate of drug-likeness (QED) is 0.163. The molecule has 0 radical (unpaired) electrons. The molecule has 10 aromatic carbocycles. The van der Waals surface area contributed by atoms with Crippen molar-refractivity contribution in [3.63, 3.8) is 0 Å². The fourth-order valence-electron chi connectivity index (χ4n) is 12.8. The van der Waals surface area contributed by atoms with Crippen LogP contribution >= 0.6 is 0 Å². The van der Waals surface area contributed by atoms with Crippen LogP contribution in [0, 0.1) is 62.3 Å². The van der Waals surface area contributed by atoms with Crippen LogP contribution in [0.3, 0.4) is 0 Å². The summed E-state index contributed by atoms with van der Waals surface area (Å²) >= 11 is 0. The minimum absolute atomic E-state index is 0.176. The Morgan fingerprint density at radius 1 is 0.240 bits per heavy atom. The van der Waals surface area contributed by atoms with E-state index in [4.69, 9.17) is 0 Å². The van der Waals surface area contributed by atoms with Gasteiger partial charge in [-0.25, -0.2) is 0 Å². The summed E-state index contributed by atoms with van der Waals surface area (Å²) in [5.74, 6) is 0. The van der Waals surface area contributed by atoms with E-state index in [1.807, 2.05) is 0 Å². The van der Waals surface area contributed by atoms with Gasteiger partial charge < -0.3 is 19.6 Å². The predicted octanol–water partition coefficient (Wildman–Crippen LogP) is 14.3. The zero-order valence-electron chi connectivity index (χ0n) is 44.5. The first kappa shape index (κ1) is 46.3. The lowest BCUT2D eigenvalue weighted by Crippen LogP contribution is -2.61. The highest BCUT2D eigenvalue weighted by Gasteiger charge is 2.45. The van der Waals surface area contributed by atoms with Crippen LogP contribution in [-0.2, 0) is 0 Å². The van der Waals surface area contributed by atoms with Gasteiger partial charge >= 0.3 is 0 Å². The zero-order chi connectivity index (χ0) is 51.4. The van der Waals surface area contributed by atoms with Gasteiger partial charge in [0.1, 0.15) is 0 Å². The molecule has 75 heavy (non-hydrogen) atoms. The fraction of sp³-hybridized carbons (Fsp3) is 0.130. The Kier molecular flexibility index (Phi) is 11.0. The molecule has 0 aliphatic carbocycles. The van der Waals surface area contributed by atoms with Crippen molar-refractivity contribution in [1.82, 2.24) is 0 Å². The molecule has 0 amide bonds. The van der Waals surface area contributed by atoms with Crippen molar-refractivity contribution < 1.29 is 0 Å². The Hall–Kier alpha value is -8.47. The van der Waals surface area contributed by atoms with Crippen LogP contribution in [-0.4, -0.2) is 13.4 Å². The number of hydrogen-bond donors (Lipinski definition) is 0. The number of anilines is 12. The normalized spacial score (nSPS) is 13.2. The van der Waals surface area contributed by atoms with Crippen LogP contribution in [0.4, 0.5) is 68.2 Å². The number of nitrogens with zero attached hydrogens (tertiary/aromatic N) is 4. The van der Waals surface area contributed by atoms with Crippen molar-refractivity contribution in [2.45, 2.75) is 62.3 Å². The maximum atomic E-state index is 2.51. The third-order valence-corrected chi connectivity index (χ3v) is 16.0. The van der Waals surface area contributed by atoms with Crippen molar-refractivity contribution in [1.29, 1.82) is 0 Å². The van der Waals surface area contributed by atoms with Crippen LogP contribution in [0.15, 0.2) is 200 Å². The van der Waals surface area contributed by atoms with Gasteiger partial charge in [0.2, 0.25) is 0 Å². The molecule has 0 atom stereocenters. The van der Waals surface area contributed by atoms with Crippen molar-refractivity contribution in [2.75, 3.05) is 19.6 Å². The summed E-state index contributed by atoms with van der Waals surface area (Å²) in [4.78, 5) is 9.92. The molecule has 0 bridgehead atoms.